The van der Waals surface area contributed by atoms with Gasteiger partial charge in [-0.3, -0.25) is 0 Å². The van der Waals surface area contributed by atoms with Gasteiger partial charge in [0.05, 0.1) is 5.56 Å². The molecule has 0 amide bonds. The summed E-state index contributed by atoms with van der Waals surface area (Å²) in [5.41, 5.74) is 5.95. The van der Waals surface area contributed by atoms with Gasteiger partial charge in [-0.15, -0.1) is 0 Å². The van der Waals surface area contributed by atoms with Crippen LogP contribution >= 0.6 is 0 Å². The van der Waals surface area contributed by atoms with Gasteiger partial charge in [-0.2, -0.15) is 13.2 Å². The molecule has 0 fully saturated rings. The van der Waals surface area contributed by atoms with Crippen molar-refractivity contribution in [3.8, 4) is 33.4 Å². The van der Waals surface area contributed by atoms with Crippen molar-refractivity contribution < 1.29 is 13.2 Å². The first kappa shape index (κ1) is 24.0. The number of hydrogen-bond acceptors (Lipinski definition) is 0. The molecule has 0 aliphatic heterocycles. The van der Waals surface area contributed by atoms with Gasteiger partial charge in [0.15, 0.2) is 0 Å². The molecule has 0 saturated heterocycles. The Hall–Kier alpha value is -4.37. The van der Waals surface area contributed by atoms with Crippen molar-refractivity contribution in [2.75, 3.05) is 0 Å². The molecule has 186 valence electrons. The maximum absolute atomic E-state index is 13.5. The van der Waals surface area contributed by atoms with Crippen LogP contribution in [-0.4, -0.2) is 0 Å². The number of rotatable bonds is 4. The molecule has 0 atom stereocenters. The predicted octanol–water partition coefficient (Wildman–Crippen LogP) is 10.6. The quantitative estimate of drug-likeness (QED) is 0.225. The van der Waals surface area contributed by atoms with E-state index in [-0.39, 0.29) is 0 Å². The summed E-state index contributed by atoms with van der Waals surface area (Å²) in [7, 11) is 0. The van der Waals surface area contributed by atoms with E-state index in [9.17, 15) is 13.2 Å². The van der Waals surface area contributed by atoms with Gasteiger partial charge in [-0.1, -0.05) is 104 Å². The molecule has 0 saturated carbocycles. The van der Waals surface area contributed by atoms with Crippen LogP contribution in [0.3, 0.4) is 0 Å². The summed E-state index contributed by atoms with van der Waals surface area (Å²) in [5.74, 6) is 0. The molecule has 0 radical (unpaired) electrons. The molecule has 6 rings (SSSR count). The van der Waals surface area contributed by atoms with E-state index in [0.29, 0.717) is 17.5 Å². The van der Waals surface area contributed by atoms with Crippen LogP contribution in [0.1, 0.15) is 18.1 Å². The Labute approximate surface area is 220 Å². The van der Waals surface area contributed by atoms with Crippen molar-refractivity contribution in [2.45, 2.75) is 19.5 Å². The van der Waals surface area contributed by atoms with E-state index in [4.69, 9.17) is 0 Å². The third kappa shape index (κ3) is 4.56. The van der Waals surface area contributed by atoms with Gasteiger partial charge in [-0.25, -0.2) is 0 Å². The van der Waals surface area contributed by atoms with Crippen LogP contribution in [0.4, 0.5) is 13.2 Å². The maximum Gasteiger partial charge on any atom is 0.416 e. The Morgan fingerprint density at radius 1 is 0.500 bits per heavy atom. The van der Waals surface area contributed by atoms with Crippen molar-refractivity contribution in [1.29, 1.82) is 0 Å². The summed E-state index contributed by atoms with van der Waals surface area (Å²) >= 11 is 0. The fourth-order valence-corrected chi connectivity index (χ4v) is 5.15. The summed E-state index contributed by atoms with van der Waals surface area (Å²) in [4.78, 5) is 0. The van der Waals surface area contributed by atoms with Crippen molar-refractivity contribution in [1.82, 2.24) is 0 Å². The largest absolute Gasteiger partial charge is 0.416 e. The fourth-order valence-electron chi connectivity index (χ4n) is 5.15. The molecule has 0 nitrogen and oxygen atoms in total. The fraction of sp³-hybridized carbons (Fsp3) is 0.0857. The van der Waals surface area contributed by atoms with Crippen LogP contribution in [-0.2, 0) is 12.6 Å². The highest BCUT2D eigenvalue weighted by atomic mass is 19.4. The monoisotopic (exact) mass is 502 g/mol. The molecule has 3 heteroatoms. The molecule has 0 aromatic heterocycles. The molecule has 6 aromatic carbocycles. The SMILES string of the molecule is CCc1cc(-c2ccc3ccc(-c4ccc(-c5cccc6ccccc56)cc4)cc3c2)cc(C(F)(F)F)c1. The standard InChI is InChI=1S/C35H25F3/c1-2-23-18-30(22-32(19-23)35(36,37)38)29-17-13-25-12-16-28(20-31(25)21-29)24-10-14-27(15-11-24)34-9-5-7-26-6-3-4-8-33(26)34/h3-22H,2H2,1H3. The third-order valence-corrected chi connectivity index (χ3v) is 7.22. The summed E-state index contributed by atoms with van der Waals surface area (Å²) in [6, 6.07) is 39.8. The van der Waals surface area contributed by atoms with Gasteiger partial charge in [-0.05, 0) is 91.2 Å². The number of hydrogen-bond donors (Lipinski definition) is 0. The smallest absolute Gasteiger partial charge is 0.166 e. The summed E-state index contributed by atoms with van der Waals surface area (Å²) in [5, 5.41) is 4.48. The predicted molar refractivity (Wildman–Crippen MR) is 152 cm³/mol. The van der Waals surface area contributed by atoms with E-state index in [1.165, 1.54) is 28.5 Å². The highest BCUT2D eigenvalue weighted by molar-refractivity contribution is 5.97. The molecule has 0 heterocycles. The van der Waals surface area contributed by atoms with Crippen LogP contribution < -0.4 is 0 Å². The summed E-state index contributed by atoms with van der Waals surface area (Å²) < 4.78 is 40.5. The second kappa shape index (κ2) is 9.50. The minimum Gasteiger partial charge on any atom is -0.166 e. The second-order valence-electron chi connectivity index (χ2n) is 9.65. The normalized spacial score (nSPS) is 11.8. The zero-order valence-electron chi connectivity index (χ0n) is 20.9. The van der Waals surface area contributed by atoms with Crippen molar-refractivity contribution in [3.63, 3.8) is 0 Å². The summed E-state index contributed by atoms with van der Waals surface area (Å²) in [6.07, 6.45) is -3.83. The number of halogens is 3. The van der Waals surface area contributed by atoms with Crippen LogP contribution in [0.2, 0.25) is 0 Å². The van der Waals surface area contributed by atoms with E-state index in [0.717, 1.165) is 33.0 Å². The number of fused-ring (bicyclic) bond motifs is 2. The highest BCUT2D eigenvalue weighted by Gasteiger charge is 2.31. The molecule has 0 spiro atoms. The number of alkyl halides is 3. The lowest BCUT2D eigenvalue weighted by Crippen LogP contribution is -2.06. The van der Waals surface area contributed by atoms with Crippen LogP contribution in [0.15, 0.2) is 121 Å². The number of aryl methyl sites for hydroxylation is 1. The van der Waals surface area contributed by atoms with Crippen molar-refractivity contribution >= 4 is 21.5 Å². The Morgan fingerprint density at radius 2 is 1.13 bits per heavy atom. The van der Waals surface area contributed by atoms with Gasteiger partial charge in [0, 0.05) is 0 Å². The van der Waals surface area contributed by atoms with Gasteiger partial charge in [0.1, 0.15) is 0 Å². The molecule has 0 aliphatic carbocycles. The first-order valence-electron chi connectivity index (χ1n) is 12.7. The topological polar surface area (TPSA) is 0 Å². The first-order chi connectivity index (χ1) is 18.4. The Kier molecular flexibility index (Phi) is 6.00. The minimum atomic E-state index is -4.37. The first-order valence-corrected chi connectivity index (χ1v) is 12.7. The van der Waals surface area contributed by atoms with Crippen molar-refractivity contribution in [3.05, 3.63) is 132 Å². The van der Waals surface area contributed by atoms with E-state index in [1.807, 2.05) is 31.2 Å². The Morgan fingerprint density at radius 3 is 1.84 bits per heavy atom. The molecule has 0 aliphatic rings. The molecule has 6 aromatic rings. The summed E-state index contributed by atoms with van der Waals surface area (Å²) in [6.45, 7) is 1.87. The van der Waals surface area contributed by atoms with E-state index in [2.05, 4.69) is 84.9 Å². The average molecular weight is 503 g/mol. The average Bonchev–Trinajstić information content (AvgIpc) is 2.95. The van der Waals surface area contributed by atoms with Gasteiger partial charge in [0.25, 0.3) is 0 Å². The molecular weight excluding hydrogens is 477 g/mol. The van der Waals surface area contributed by atoms with Gasteiger partial charge >= 0.3 is 6.18 Å². The second-order valence-corrected chi connectivity index (χ2v) is 9.65. The Balaban J connectivity index is 1.37. The Bertz CT molecular complexity index is 1770. The van der Waals surface area contributed by atoms with Crippen LogP contribution in [0.25, 0.3) is 54.9 Å². The number of benzene rings is 6. The third-order valence-electron chi connectivity index (χ3n) is 7.22. The lowest BCUT2D eigenvalue weighted by Gasteiger charge is -2.13. The van der Waals surface area contributed by atoms with Gasteiger partial charge < -0.3 is 0 Å². The van der Waals surface area contributed by atoms with E-state index >= 15 is 0 Å². The van der Waals surface area contributed by atoms with E-state index in [1.54, 1.807) is 0 Å². The van der Waals surface area contributed by atoms with Crippen LogP contribution in [0, 0.1) is 0 Å². The van der Waals surface area contributed by atoms with Gasteiger partial charge in [0.2, 0.25) is 0 Å². The zero-order valence-corrected chi connectivity index (χ0v) is 20.9. The zero-order chi connectivity index (χ0) is 26.3. The highest BCUT2D eigenvalue weighted by Crippen LogP contribution is 2.36. The molecule has 0 bridgehead atoms. The minimum absolute atomic E-state index is 0.545. The maximum atomic E-state index is 13.5. The van der Waals surface area contributed by atoms with Crippen LogP contribution in [0.5, 0.6) is 0 Å². The lowest BCUT2D eigenvalue weighted by atomic mass is 9.94. The molecule has 38 heavy (non-hydrogen) atoms. The van der Waals surface area contributed by atoms with Crippen molar-refractivity contribution in [2.24, 2.45) is 0 Å². The molecular formula is C35H25F3. The molecule has 0 N–H and O–H groups in total. The van der Waals surface area contributed by atoms with E-state index < -0.39 is 11.7 Å². The molecule has 0 unspecified atom stereocenters. The lowest BCUT2D eigenvalue weighted by molar-refractivity contribution is -0.137.